The predicted octanol–water partition coefficient (Wildman–Crippen LogP) is 2.81. The summed E-state index contributed by atoms with van der Waals surface area (Å²) in [6.07, 6.45) is 0. The summed E-state index contributed by atoms with van der Waals surface area (Å²) >= 11 is 1.14. The molecule has 3 amide bonds. The number of carbonyl (C=O) groups excluding carboxylic acids is 2. The third-order valence-corrected chi connectivity index (χ3v) is 5.66. The van der Waals surface area contributed by atoms with Crippen molar-refractivity contribution in [2.75, 3.05) is 5.75 Å². The van der Waals surface area contributed by atoms with E-state index in [4.69, 9.17) is 0 Å². The average Bonchev–Trinajstić information content (AvgIpc) is 3.18. The van der Waals surface area contributed by atoms with Crippen molar-refractivity contribution >= 4 is 40.4 Å². The van der Waals surface area contributed by atoms with Crippen molar-refractivity contribution in [1.82, 2.24) is 29.8 Å². The lowest BCUT2D eigenvalue weighted by Gasteiger charge is -2.20. The molecule has 9 nitrogen and oxygen atoms in total. The van der Waals surface area contributed by atoms with Crippen LogP contribution in [0.4, 0.5) is 4.79 Å². The summed E-state index contributed by atoms with van der Waals surface area (Å²) in [6, 6.07) is 16.3. The van der Waals surface area contributed by atoms with Gasteiger partial charge in [0.15, 0.2) is 5.16 Å². The second-order valence-electron chi connectivity index (χ2n) is 8.55. The minimum Gasteiger partial charge on any atom is -0.333 e. The number of nitrogens with zero attached hydrogens (tertiary/aromatic N) is 4. The third-order valence-electron chi connectivity index (χ3n) is 4.74. The van der Waals surface area contributed by atoms with Gasteiger partial charge in [0.2, 0.25) is 11.7 Å². The number of rotatable bonds is 5. The summed E-state index contributed by atoms with van der Waals surface area (Å²) in [6.45, 7) is 5.82. The molecular weight excluding hydrogens is 440 g/mol. The highest BCUT2D eigenvalue weighted by molar-refractivity contribution is 7.99. The first-order chi connectivity index (χ1) is 15.7. The average molecular weight is 465 g/mol. The number of para-hydroxylation sites is 1. The largest absolute Gasteiger partial charge is 0.333 e. The molecule has 10 heteroatoms. The monoisotopic (exact) mass is 464 g/mol. The molecule has 0 spiro atoms. The van der Waals surface area contributed by atoms with Gasteiger partial charge in [0.05, 0.1) is 23.2 Å². The van der Waals surface area contributed by atoms with E-state index in [1.54, 1.807) is 21.1 Å². The molecule has 0 saturated carbocycles. The van der Waals surface area contributed by atoms with Gasteiger partial charge >= 0.3 is 6.03 Å². The molecule has 0 saturated heterocycles. The molecule has 0 unspecified atom stereocenters. The van der Waals surface area contributed by atoms with Crippen LogP contribution >= 0.6 is 11.8 Å². The van der Waals surface area contributed by atoms with Crippen molar-refractivity contribution in [3.8, 4) is 0 Å². The van der Waals surface area contributed by atoms with Crippen LogP contribution in [0.25, 0.3) is 16.7 Å². The number of benzene rings is 2. The Balaban J connectivity index is 1.66. The molecule has 0 atom stereocenters. The van der Waals surface area contributed by atoms with Crippen LogP contribution in [0.5, 0.6) is 0 Å². The zero-order valence-corrected chi connectivity index (χ0v) is 19.3. The fourth-order valence-electron chi connectivity index (χ4n) is 3.40. The lowest BCUT2D eigenvalue weighted by molar-refractivity contribution is -0.117. The van der Waals surface area contributed by atoms with Crippen LogP contribution in [-0.2, 0) is 11.3 Å². The first-order valence-corrected chi connectivity index (χ1v) is 11.4. The highest BCUT2D eigenvalue weighted by Gasteiger charge is 2.19. The smallest absolute Gasteiger partial charge is 0.321 e. The van der Waals surface area contributed by atoms with Crippen molar-refractivity contribution in [1.29, 1.82) is 0 Å². The summed E-state index contributed by atoms with van der Waals surface area (Å²) in [5.41, 5.74) is 0.989. The summed E-state index contributed by atoms with van der Waals surface area (Å²) < 4.78 is 3.35. The number of hydrogen-bond donors (Lipinski definition) is 2. The summed E-state index contributed by atoms with van der Waals surface area (Å²) in [4.78, 5) is 37.5. The van der Waals surface area contributed by atoms with E-state index in [1.807, 2.05) is 63.2 Å². The Morgan fingerprint density at radius 1 is 1.00 bits per heavy atom. The van der Waals surface area contributed by atoms with Crippen molar-refractivity contribution in [2.24, 2.45) is 0 Å². The molecule has 4 rings (SSSR count). The number of nitrogens with one attached hydrogen (secondary N) is 2. The first kappa shape index (κ1) is 22.5. The van der Waals surface area contributed by atoms with Crippen molar-refractivity contribution in [3.63, 3.8) is 0 Å². The van der Waals surface area contributed by atoms with Crippen molar-refractivity contribution in [2.45, 2.75) is 38.0 Å². The maximum Gasteiger partial charge on any atom is 0.321 e. The van der Waals surface area contributed by atoms with Crippen LogP contribution in [0.3, 0.4) is 0 Å². The van der Waals surface area contributed by atoms with Gasteiger partial charge in [0, 0.05) is 5.54 Å². The number of hydrogen-bond acceptors (Lipinski definition) is 6. The fourth-order valence-corrected chi connectivity index (χ4v) is 4.14. The molecular formula is C23H24N6O3S. The number of fused-ring (bicyclic) bond motifs is 3. The topological polar surface area (TPSA) is 110 Å². The van der Waals surface area contributed by atoms with E-state index in [0.717, 1.165) is 17.3 Å². The van der Waals surface area contributed by atoms with Gasteiger partial charge in [-0.1, -0.05) is 54.2 Å². The molecule has 0 radical (unpaired) electrons. The van der Waals surface area contributed by atoms with Crippen LogP contribution in [0.1, 0.15) is 26.3 Å². The molecule has 0 aliphatic heterocycles. The van der Waals surface area contributed by atoms with E-state index >= 15 is 0 Å². The van der Waals surface area contributed by atoms with E-state index in [1.165, 1.54) is 0 Å². The molecule has 2 aromatic heterocycles. The van der Waals surface area contributed by atoms with Crippen LogP contribution in [-0.4, -0.2) is 42.4 Å². The number of thioether (sulfide) groups is 1. The van der Waals surface area contributed by atoms with Gasteiger partial charge in [0.25, 0.3) is 5.56 Å². The number of aromatic nitrogens is 4. The molecule has 0 aliphatic rings. The van der Waals surface area contributed by atoms with Crippen LogP contribution in [0.15, 0.2) is 64.5 Å². The third kappa shape index (κ3) is 5.06. The Bertz CT molecular complexity index is 1390. The Hall–Kier alpha value is -3.66. The summed E-state index contributed by atoms with van der Waals surface area (Å²) in [7, 11) is 0. The number of urea groups is 1. The summed E-state index contributed by atoms with van der Waals surface area (Å²) in [5.74, 6) is -0.110. The Morgan fingerprint density at radius 2 is 1.70 bits per heavy atom. The lowest BCUT2D eigenvalue weighted by Crippen LogP contribution is -2.48. The minimum atomic E-state index is -0.554. The first-order valence-electron chi connectivity index (χ1n) is 10.4. The molecule has 2 heterocycles. The summed E-state index contributed by atoms with van der Waals surface area (Å²) in [5, 5.41) is 14.5. The minimum absolute atomic E-state index is 0.0372. The lowest BCUT2D eigenvalue weighted by atomic mass is 10.1. The van der Waals surface area contributed by atoms with E-state index in [-0.39, 0.29) is 11.3 Å². The normalized spacial score (nSPS) is 11.6. The number of imide groups is 1. The van der Waals surface area contributed by atoms with Gasteiger partial charge in [0.1, 0.15) is 0 Å². The van der Waals surface area contributed by atoms with E-state index in [2.05, 4.69) is 20.8 Å². The van der Waals surface area contributed by atoms with Crippen LogP contribution < -0.4 is 16.2 Å². The number of carbonyl (C=O) groups is 2. The quantitative estimate of drug-likeness (QED) is 0.440. The molecule has 0 bridgehead atoms. The SMILES string of the molecule is CC(C)(C)NC(=O)NC(=O)CSc1nnc2n(Cc3ccccc3)c(=O)c3ccccc3n12. The van der Waals surface area contributed by atoms with E-state index in [0.29, 0.717) is 28.4 Å². The Morgan fingerprint density at radius 3 is 2.42 bits per heavy atom. The van der Waals surface area contributed by atoms with Crippen molar-refractivity contribution in [3.05, 3.63) is 70.5 Å². The van der Waals surface area contributed by atoms with Gasteiger partial charge in [-0.05, 0) is 38.5 Å². The zero-order valence-electron chi connectivity index (χ0n) is 18.5. The molecule has 4 aromatic rings. The standard InChI is InChI=1S/C23H24N6O3S/c1-23(2,3)25-20(32)24-18(30)14-33-22-27-26-21-28(13-15-9-5-4-6-10-15)19(31)16-11-7-8-12-17(16)29(21)22/h4-12H,13-14H2,1-3H3,(H2,24,25,30,32). The number of amides is 3. The Labute approximate surface area is 194 Å². The molecule has 0 aliphatic carbocycles. The fraction of sp³-hybridized carbons (Fsp3) is 0.261. The molecule has 33 heavy (non-hydrogen) atoms. The van der Waals surface area contributed by atoms with Crippen LogP contribution in [0, 0.1) is 0 Å². The second-order valence-corrected chi connectivity index (χ2v) is 9.50. The van der Waals surface area contributed by atoms with Gasteiger partial charge in [-0.25, -0.2) is 4.79 Å². The van der Waals surface area contributed by atoms with Gasteiger partial charge < -0.3 is 5.32 Å². The van der Waals surface area contributed by atoms with Crippen LogP contribution in [0.2, 0.25) is 0 Å². The molecule has 2 N–H and O–H groups in total. The molecule has 170 valence electrons. The highest BCUT2D eigenvalue weighted by Crippen LogP contribution is 2.22. The Kier molecular flexibility index (Phi) is 6.19. The maximum atomic E-state index is 13.2. The predicted molar refractivity (Wildman–Crippen MR) is 127 cm³/mol. The van der Waals surface area contributed by atoms with E-state index in [9.17, 15) is 14.4 Å². The van der Waals surface area contributed by atoms with Gasteiger partial charge in [-0.15, -0.1) is 10.2 Å². The van der Waals surface area contributed by atoms with E-state index < -0.39 is 17.5 Å². The van der Waals surface area contributed by atoms with Crippen molar-refractivity contribution < 1.29 is 9.59 Å². The maximum absolute atomic E-state index is 13.2. The molecule has 2 aromatic carbocycles. The zero-order chi connectivity index (χ0) is 23.6. The highest BCUT2D eigenvalue weighted by atomic mass is 32.2. The molecule has 0 fully saturated rings. The van der Waals surface area contributed by atoms with Gasteiger partial charge in [-0.3, -0.25) is 23.9 Å². The van der Waals surface area contributed by atoms with Gasteiger partial charge in [-0.2, -0.15) is 0 Å². The second kappa shape index (κ2) is 9.07.